The second-order valence-electron chi connectivity index (χ2n) is 13.0. The second-order valence-corrected chi connectivity index (χ2v) is 14.0. The zero-order valence-electron chi connectivity index (χ0n) is 28.1. The number of benzene rings is 7. The first-order valence-corrected chi connectivity index (χ1v) is 17.5. The van der Waals surface area contributed by atoms with Gasteiger partial charge in [0.2, 0.25) is 0 Å². The van der Waals surface area contributed by atoms with Crippen LogP contribution < -0.4 is 0 Å². The summed E-state index contributed by atoms with van der Waals surface area (Å²) in [5, 5.41) is 2.56. The van der Waals surface area contributed by atoms with Gasteiger partial charge in [-0.15, -0.1) is 11.3 Å². The molecule has 0 N–H and O–H groups in total. The molecule has 11 heteroatoms. The Bertz CT molecular complexity index is 2660. The molecule has 1 heterocycles. The summed E-state index contributed by atoms with van der Waals surface area (Å²) in [7, 11) is 0. The van der Waals surface area contributed by atoms with Gasteiger partial charge in [-0.25, -0.2) is 4.98 Å². The van der Waals surface area contributed by atoms with Crippen molar-refractivity contribution >= 4 is 32.3 Å². The molecule has 8 aromatic rings. The highest BCUT2D eigenvalue weighted by Crippen LogP contribution is 2.42. The normalized spacial score (nSPS) is 12.5. The molecule has 0 spiro atoms. The summed E-state index contributed by atoms with van der Waals surface area (Å²) in [5.74, 6) is 0. The topological polar surface area (TPSA) is 12.9 Å². The molecule has 1 nitrogen and oxygen atoms in total. The van der Waals surface area contributed by atoms with Crippen LogP contribution in [0.25, 0.3) is 76.1 Å². The summed E-state index contributed by atoms with van der Waals surface area (Å²) in [5.41, 5.74) is 0.634. The Morgan fingerprint density at radius 1 is 0.345 bits per heavy atom. The van der Waals surface area contributed by atoms with Gasteiger partial charge < -0.3 is 0 Å². The monoisotopic (exact) mass is 769 g/mol. The number of halogens is 9. The minimum absolute atomic E-state index is 0.0359. The van der Waals surface area contributed by atoms with Gasteiger partial charge in [0, 0.05) is 5.56 Å². The molecule has 55 heavy (non-hydrogen) atoms. The molecule has 0 unspecified atom stereocenters. The Labute approximate surface area is 312 Å². The van der Waals surface area contributed by atoms with Crippen LogP contribution in [0, 0.1) is 0 Å². The highest BCUT2D eigenvalue weighted by Gasteiger charge is 2.37. The van der Waals surface area contributed by atoms with Gasteiger partial charge in [0.05, 0.1) is 26.9 Å². The first kappa shape index (κ1) is 36.1. The zero-order chi connectivity index (χ0) is 38.7. The molecule has 274 valence electrons. The van der Waals surface area contributed by atoms with Gasteiger partial charge in [0.1, 0.15) is 5.01 Å². The van der Waals surface area contributed by atoms with Crippen LogP contribution in [0.2, 0.25) is 0 Å². The molecular formula is C44H24F9NS. The highest BCUT2D eigenvalue weighted by atomic mass is 32.1. The van der Waals surface area contributed by atoms with E-state index in [1.807, 2.05) is 78.9 Å². The van der Waals surface area contributed by atoms with Crippen LogP contribution in [0.4, 0.5) is 39.5 Å². The van der Waals surface area contributed by atoms with Crippen molar-refractivity contribution in [2.45, 2.75) is 18.5 Å². The number of fused-ring (bicyclic) bond motifs is 2. The third-order valence-electron chi connectivity index (χ3n) is 9.31. The number of thiazole rings is 1. The maximum atomic E-state index is 13.8. The summed E-state index contributed by atoms with van der Waals surface area (Å²) < 4.78 is 125. The highest BCUT2D eigenvalue weighted by molar-refractivity contribution is 7.21. The van der Waals surface area contributed by atoms with Crippen LogP contribution in [0.15, 0.2) is 146 Å². The molecule has 0 bridgehead atoms. The van der Waals surface area contributed by atoms with Gasteiger partial charge in [0.25, 0.3) is 0 Å². The summed E-state index contributed by atoms with van der Waals surface area (Å²) >= 11 is 1.61. The Morgan fingerprint density at radius 2 is 0.800 bits per heavy atom. The van der Waals surface area contributed by atoms with Gasteiger partial charge >= 0.3 is 18.5 Å². The minimum atomic E-state index is -5.09. The number of nitrogens with zero attached hydrogens (tertiary/aromatic N) is 1. The average molecular weight is 770 g/mol. The third kappa shape index (κ3) is 7.44. The molecule has 0 aliphatic carbocycles. The van der Waals surface area contributed by atoms with E-state index in [0.717, 1.165) is 54.8 Å². The van der Waals surface area contributed by atoms with E-state index in [1.165, 1.54) is 24.3 Å². The Balaban J connectivity index is 1.20. The lowest BCUT2D eigenvalue weighted by Crippen LogP contribution is -2.11. The lowest BCUT2D eigenvalue weighted by molar-refractivity contribution is -0.143. The van der Waals surface area contributed by atoms with Gasteiger partial charge in [-0.3, -0.25) is 0 Å². The van der Waals surface area contributed by atoms with Gasteiger partial charge in [-0.05, 0) is 128 Å². The molecule has 0 saturated carbocycles. The Morgan fingerprint density at radius 3 is 1.36 bits per heavy atom. The average Bonchev–Trinajstić information content (AvgIpc) is 3.61. The molecule has 0 saturated heterocycles. The summed E-state index contributed by atoms with van der Waals surface area (Å²) in [4.78, 5) is 4.73. The number of hydrogen-bond donors (Lipinski definition) is 0. The van der Waals surface area contributed by atoms with Crippen molar-refractivity contribution in [1.29, 1.82) is 0 Å². The fourth-order valence-corrected chi connectivity index (χ4v) is 7.50. The van der Waals surface area contributed by atoms with E-state index in [4.69, 9.17) is 4.98 Å². The predicted molar refractivity (Wildman–Crippen MR) is 199 cm³/mol. The van der Waals surface area contributed by atoms with Gasteiger partial charge in [0.15, 0.2) is 0 Å². The molecule has 8 rings (SSSR count). The van der Waals surface area contributed by atoms with Crippen LogP contribution in [0.3, 0.4) is 0 Å². The van der Waals surface area contributed by atoms with E-state index < -0.39 is 40.8 Å². The quantitative estimate of drug-likeness (QED) is 0.159. The van der Waals surface area contributed by atoms with E-state index in [1.54, 1.807) is 23.5 Å². The molecule has 0 atom stereocenters. The molecule has 0 amide bonds. The molecule has 0 aliphatic rings. The molecule has 0 radical (unpaired) electrons. The van der Waals surface area contributed by atoms with Crippen molar-refractivity contribution in [3.63, 3.8) is 0 Å². The maximum absolute atomic E-state index is 13.8. The molecular weight excluding hydrogens is 746 g/mol. The smallest absolute Gasteiger partial charge is 0.236 e. The van der Waals surface area contributed by atoms with Crippen molar-refractivity contribution < 1.29 is 39.5 Å². The summed E-state index contributed by atoms with van der Waals surface area (Å²) in [6.45, 7) is 0. The van der Waals surface area contributed by atoms with E-state index >= 15 is 0 Å². The van der Waals surface area contributed by atoms with Crippen LogP contribution in [-0.4, -0.2) is 4.98 Å². The van der Waals surface area contributed by atoms with Crippen LogP contribution in [0.5, 0.6) is 0 Å². The van der Waals surface area contributed by atoms with Crippen molar-refractivity contribution in [2.75, 3.05) is 0 Å². The fourth-order valence-electron chi connectivity index (χ4n) is 6.53. The Hall–Kier alpha value is -5.94. The first-order valence-electron chi connectivity index (χ1n) is 16.7. The first-order chi connectivity index (χ1) is 26.1. The number of hydrogen-bond acceptors (Lipinski definition) is 2. The second kappa shape index (κ2) is 13.4. The lowest BCUT2D eigenvalue weighted by Gasteiger charge is -2.17. The van der Waals surface area contributed by atoms with Crippen LogP contribution in [-0.2, 0) is 18.5 Å². The van der Waals surface area contributed by atoms with E-state index in [-0.39, 0.29) is 22.8 Å². The van der Waals surface area contributed by atoms with Gasteiger partial charge in [-0.1, -0.05) is 72.8 Å². The number of rotatable bonds is 5. The minimum Gasteiger partial charge on any atom is -0.236 e. The van der Waals surface area contributed by atoms with Crippen molar-refractivity contribution in [2.24, 2.45) is 0 Å². The van der Waals surface area contributed by atoms with E-state index in [9.17, 15) is 39.5 Å². The van der Waals surface area contributed by atoms with E-state index in [2.05, 4.69) is 0 Å². The zero-order valence-corrected chi connectivity index (χ0v) is 28.9. The Kier molecular flexibility index (Phi) is 8.80. The van der Waals surface area contributed by atoms with Crippen LogP contribution in [0.1, 0.15) is 16.7 Å². The largest absolute Gasteiger partial charge is 0.416 e. The molecule has 1 aromatic heterocycles. The third-order valence-corrected chi connectivity index (χ3v) is 10.4. The van der Waals surface area contributed by atoms with E-state index in [0.29, 0.717) is 23.3 Å². The summed E-state index contributed by atoms with van der Waals surface area (Å²) in [6.07, 6.45) is -14.9. The maximum Gasteiger partial charge on any atom is 0.416 e. The SMILES string of the molecule is FC(F)(F)c1cccc(-c2cc(-c3cc(C(F)(F)F)cc(C(F)(F)F)c3)cc(-c3ccc4cc(-c5ccc(-c6nc7ccccc7s6)cc5)ccc4c3)c2)c1. The standard InChI is InChI=1S/C44H24F9NS/c45-42(46,47)36-5-3-4-27(21-36)32-18-33(20-34(19-32)35-22-37(43(48,49)50)24-38(23-35)44(51,52)53)31-15-14-29-16-28(12-13-30(29)17-31)25-8-10-26(11-9-25)41-54-39-6-1-2-7-40(39)55-41/h1-24H. The van der Waals surface area contributed by atoms with Crippen molar-refractivity contribution in [1.82, 2.24) is 4.98 Å². The number of aromatic nitrogens is 1. The lowest BCUT2D eigenvalue weighted by atomic mass is 9.90. The molecule has 0 aliphatic heterocycles. The van der Waals surface area contributed by atoms with Crippen molar-refractivity contribution in [3.8, 4) is 55.1 Å². The predicted octanol–water partition coefficient (Wildman–Crippen LogP) is 14.8. The molecule has 0 fully saturated rings. The van der Waals surface area contributed by atoms with Gasteiger partial charge in [-0.2, -0.15) is 39.5 Å². The van der Waals surface area contributed by atoms with Crippen LogP contribution >= 0.6 is 11.3 Å². The number of para-hydroxylation sites is 1. The van der Waals surface area contributed by atoms with Crippen molar-refractivity contribution in [3.05, 3.63) is 162 Å². The summed E-state index contributed by atoms with van der Waals surface area (Å²) in [6, 6.07) is 37.1. The molecule has 7 aromatic carbocycles. The number of alkyl halides is 9. The fraction of sp³-hybridized carbons (Fsp3) is 0.0682.